The molecule has 0 N–H and O–H groups in total. The SMILES string of the molecule is O=C(N=C(Cl)SCl)c1ccc(Br)cc1. The molecule has 0 radical (unpaired) electrons. The zero-order valence-corrected chi connectivity index (χ0v) is 10.6. The summed E-state index contributed by atoms with van der Waals surface area (Å²) in [5.41, 5.74) is 0.470. The number of hydrogen-bond donors (Lipinski definition) is 0. The minimum Gasteiger partial charge on any atom is -0.267 e. The molecule has 1 aromatic carbocycles. The lowest BCUT2D eigenvalue weighted by atomic mass is 10.2. The fourth-order valence-corrected chi connectivity index (χ4v) is 1.32. The van der Waals surface area contributed by atoms with Crippen LogP contribution in [0.15, 0.2) is 33.7 Å². The predicted octanol–water partition coefficient (Wildman–Crippen LogP) is 4.07. The number of hydrogen-bond acceptors (Lipinski definition) is 2. The molecule has 0 aliphatic rings. The number of benzene rings is 1. The van der Waals surface area contributed by atoms with Gasteiger partial charge >= 0.3 is 0 Å². The van der Waals surface area contributed by atoms with Crippen LogP contribution in [0.5, 0.6) is 0 Å². The van der Waals surface area contributed by atoms with E-state index in [9.17, 15) is 4.79 Å². The average molecular weight is 313 g/mol. The first-order chi connectivity index (χ1) is 6.63. The molecule has 0 unspecified atom stereocenters. The Morgan fingerprint density at radius 3 is 2.43 bits per heavy atom. The molecule has 2 nitrogen and oxygen atoms in total. The van der Waals surface area contributed by atoms with Crippen LogP contribution in [0.1, 0.15) is 10.4 Å². The third kappa shape index (κ3) is 3.61. The Balaban J connectivity index is 2.85. The van der Waals surface area contributed by atoms with E-state index in [0.717, 1.165) is 4.47 Å². The lowest BCUT2D eigenvalue weighted by Gasteiger charge is -1.95. The zero-order valence-electron chi connectivity index (χ0n) is 6.71. The highest BCUT2D eigenvalue weighted by Gasteiger charge is 2.04. The first-order valence-corrected chi connectivity index (χ1v) is 6.27. The van der Waals surface area contributed by atoms with Crippen molar-refractivity contribution in [2.45, 2.75) is 0 Å². The van der Waals surface area contributed by atoms with Gasteiger partial charge < -0.3 is 0 Å². The minimum atomic E-state index is -0.407. The Morgan fingerprint density at radius 2 is 1.93 bits per heavy atom. The Labute approximate surface area is 103 Å². The second-order valence-electron chi connectivity index (χ2n) is 2.25. The standard InChI is InChI=1S/C8H4BrCl2NOS/c9-6-3-1-5(2-4-6)7(13)12-8(10)14-11/h1-4H. The summed E-state index contributed by atoms with van der Waals surface area (Å²) in [6.07, 6.45) is 0. The molecular weight excluding hydrogens is 309 g/mol. The molecule has 0 aliphatic carbocycles. The highest BCUT2D eigenvalue weighted by Crippen LogP contribution is 2.15. The molecule has 1 aromatic rings. The summed E-state index contributed by atoms with van der Waals surface area (Å²) < 4.78 is 0.912. The molecule has 14 heavy (non-hydrogen) atoms. The van der Waals surface area contributed by atoms with Crippen molar-refractivity contribution in [3.05, 3.63) is 34.3 Å². The molecule has 1 rings (SSSR count). The lowest BCUT2D eigenvalue weighted by molar-refractivity contribution is 0.100. The zero-order chi connectivity index (χ0) is 10.6. The van der Waals surface area contributed by atoms with E-state index in [1.807, 2.05) is 0 Å². The van der Waals surface area contributed by atoms with Crippen molar-refractivity contribution in [2.75, 3.05) is 0 Å². The van der Waals surface area contributed by atoms with Gasteiger partial charge in [-0.15, -0.1) is 0 Å². The number of nitrogens with zero attached hydrogens (tertiary/aromatic N) is 1. The van der Waals surface area contributed by atoms with Crippen molar-refractivity contribution in [3.63, 3.8) is 0 Å². The molecule has 0 aromatic heterocycles. The van der Waals surface area contributed by atoms with E-state index in [-0.39, 0.29) is 4.50 Å². The molecule has 6 heteroatoms. The van der Waals surface area contributed by atoms with Gasteiger partial charge in [-0.25, -0.2) is 0 Å². The van der Waals surface area contributed by atoms with Crippen LogP contribution in [-0.4, -0.2) is 10.4 Å². The highest BCUT2D eigenvalue weighted by atomic mass is 79.9. The van der Waals surface area contributed by atoms with E-state index < -0.39 is 5.91 Å². The molecule has 0 saturated heterocycles. The fourth-order valence-electron chi connectivity index (χ4n) is 0.754. The van der Waals surface area contributed by atoms with Crippen LogP contribution >= 0.6 is 49.2 Å². The average Bonchev–Trinajstić information content (AvgIpc) is 2.18. The van der Waals surface area contributed by atoms with Crippen molar-refractivity contribution in [3.8, 4) is 0 Å². The van der Waals surface area contributed by atoms with Gasteiger partial charge in [0.1, 0.15) is 0 Å². The Kier molecular flexibility index (Phi) is 4.95. The number of amides is 1. The smallest absolute Gasteiger partial charge is 0.267 e. The van der Waals surface area contributed by atoms with Crippen molar-refractivity contribution in [1.29, 1.82) is 0 Å². The molecule has 0 atom stereocenters. The fraction of sp³-hybridized carbons (Fsp3) is 0. The van der Waals surface area contributed by atoms with Gasteiger partial charge in [-0.2, -0.15) is 4.99 Å². The van der Waals surface area contributed by atoms with Gasteiger partial charge in [0, 0.05) is 21.0 Å². The summed E-state index contributed by atoms with van der Waals surface area (Å²) in [5, 5.41) is 0. The van der Waals surface area contributed by atoms with E-state index in [1.54, 1.807) is 24.3 Å². The number of carbonyl (C=O) groups is 1. The van der Waals surface area contributed by atoms with Gasteiger partial charge in [0.15, 0.2) is 4.50 Å². The molecule has 0 bridgehead atoms. The molecule has 74 valence electrons. The van der Waals surface area contributed by atoms with Gasteiger partial charge in [0.2, 0.25) is 0 Å². The van der Waals surface area contributed by atoms with Crippen LogP contribution in [0.4, 0.5) is 0 Å². The van der Waals surface area contributed by atoms with Crippen molar-refractivity contribution in [1.82, 2.24) is 0 Å². The van der Waals surface area contributed by atoms with Gasteiger partial charge in [-0.1, -0.05) is 27.5 Å². The van der Waals surface area contributed by atoms with E-state index >= 15 is 0 Å². The summed E-state index contributed by atoms with van der Waals surface area (Å²) in [7, 11) is 6.01. The summed E-state index contributed by atoms with van der Waals surface area (Å²) >= 11 is 8.75. The van der Waals surface area contributed by atoms with Crippen LogP contribution in [0.3, 0.4) is 0 Å². The third-order valence-electron chi connectivity index (χ3n) is 1.34. The van der Waals surface area contributed by atoms with E-state index in [2.05, 4.69) is 20.9 Å². The quantitative estimate of drug-likeness (QED) is 0.578. The van der Waals surface area contributed by atoms with Crippen molar-refractivity contribution < 1.29 is 4.79 Å². The van der Waals surface area contributed by atoms with Crippen LogP contribution in [0, 0.1) is 0 Å². The van der Waals surface area contributed by atoms with Gasteiger partial charge in [-0.05, 0) is 34.9 Å². The summed E-state index contributed by atoms with van der Waals surface area (Å²) in [4.78, 5) is 14.9. The number of halogens is 3. The van der Waals surface area contributed by atoms with Crippen LogP contribution in [0.2, 0.25) is 0 Å². The van der Waals surface area contributed by atoms with Gasteiger partial charge in [0.05, 0.1) is 0 Å². The Bertz CT molecular complexity index is 366. The van der Waals surface area contributed by atoms with Gasteiger partial charge in [-0.3, -0.25) is 4.79 Å². The largest absolute Gasteiger partial charge is 0.278 e. The third-order valence-corrected chi connectivity index (χ3v) is 3.08. The first-order valence-electron chi connectivity index (χ1n) is 3.46. The molecule has 0 saturated carbocycles. The van der Waals surface area contributed by atoms with E-state index in [0.29, 0.717) is 16.5 Å². The predicted molar refractivity (Wildman–Crippen MR) is 65.2 cm³/mol. The molecule has 0 aliphatic heterocycles. The van der Waals surface area contributed by atoms with Crippen LogP contribution in [-0.2, 0) is 0 Å². The summed E-state index contributed by atoms with van der Waals surface area (Å²) in [5.74, 6) is -0.407. The molecule has 1 amide bonds. The minimum absolute atomic E-state index is 0.0135. The maximum atomic E-state index is 11.4. The Hall–Kier alpha value is -0.0300. The number of rotatable bonds is 1. The monoisotopic (exact) mass is 311 g/mol. The maximum absolute atomic E-state index is 11.4. The first kappa shape index (κ1) is 12.0. The van der Waals surface area contributed by atoms with E-state index in [4.69, 9.17) is 22.3 Å². The van der Waals surface area contributed by atoms with Crippen LogP contribution < -0.4 is 0 Å². The second kappa shape index (κ2) is 5.75. The lowest BCUT2D eigenvalue weighted by Crippen LogP contribution is -1.95. The highest BCUT2D eigenvalue weighted by molar-refractivity contribution is 9.10. The summed E-state index contributed by atoms with van der Waals surface area (Å²) in [6.45, 7) is 0. The van der Waals surface area contributed by atoms with Gasteiger partial charge in [0.25, 0.3) is 5.91 Å². The topological polar surface area (TPSA) is 29.4 Å². The normalized spacial score (nSPS) is 11.5. The van der Waals surface area contributed by atoms with Crippen LogP contribution in [0.25, 0.3) is 0 Å². The van der Waals surface area contributed by atoms with Crippen molar-refractivity contribution >= 4 is 59.6 Å². The Morgan fingerprint density at radius 1 is 1.36 bits per heavy atom. The molecule has 0 spiro atoms. The maximum Gasteiger partial charge on any atom is 0.278 e. The number of aliphatic imine (C=N–C) groups is 1. The number of carbonyl (C=O) groups excluding carboxylic acids is 1. The van der Waals surface area contributed by atoms with Crippen molar-refractivity contribution in [2.24, 2.45) is 4.99 Å². The second-order valence-corrected chi connectivity index (χ2v) is 4.76. The molecular formula is C8H4BrCl2NOS. The molecule has 0 fully saturated rings. The summed E-state index contributed by atoms with van der Waals surface area (Å²) in [6, 6.07) is 6.81. The molecule has 0 heterocycles. The van der Waals surface area contributed by atoms with E-state index in [1.165, 1.54) is 0 Å².